The van der Waals surface area contributed by atoms with Gasteiger partial charge in [0.25, 0.3) is 0 Å². The van der Waals surface area contributed by atoms with Gasteiger partial charge in [0, 0.05) is 38.3 Å². The monoisotopic (exact) mass is 589 g/mol. The Hall–Kier alpha value is -3.10. The number of ether oxygens (including phenoxy) is 1. The molecule has 0 aromatic heterocycles. The summed E-state index contributed by atoms with van der Waals surface area (Å²) in [5.74, 6) is 0.777. The predicted molar refractivity (Wildman–Crippen MR) is 174 cm³/mol. The topological polar surface area (TPSA) is 59.6 Å². The minimum Gasteiger partial charge on any atom is -0.497 e. The van der Waals surface area contributed by atoms with E-state index in [1.165, 1.54) is 49.8 Å². The Bertz CT molecular complexity index is 1180. The second-order valence-electron chi connectivity index (χ2n) is 12.3. The number of methoxy groups -OCH3 is 1. The van der Waals surface area contributed by atoms with E-state index in [1.54, 1.807) is 12.0 Å². The summed E-state index contributed by atoms with van der Waals surface area (Å²) >= 11 is 0. The van der Waals surface area contributed by atoms with E-state index in [2.05, 4.69) is 23.6 Å². The van der Waals surface area contributed by atoms with Crippen LogP contribution in [-0.4, -0.2) is 85.2 Å². The third-order valence-corrected chi connectivity index (χ3v) is 9.82. The van der Waals surface area contributed by atoms with Crippen LogP contribution in [0.1, 0.15) is 77.2 Å². The van der Waals surface area contributed by atoms with Crippen LogP contribution in [0.2, 0.25) is 0 Å². The number of hydrogen-bond donors (Lipinski definition) is 0. The SMILES string of the molecule is CCN(CC)CCN1C(=O)N(Cc2ccc(OC)cc2)c2ccccc2N(C2CCN(C3CCCCCCC3)CC2)C1=O. The number of para-hydroxylation sites is 2. The molecule has 0 atom stereocenters. The number of urea groups is 2. The quantitative estimate of drug-likeness (QED) is 0.299. The highest BCUT2D eigenvalue weighted by Crippen LogP contribution is 2.38. The van der Waals surface area contributed by atoms with Gasteiger partial charge in [0.15, 0.2) is 0 Å². The van der Waals surface area contributed by atoms with Gasteiger partial charge in [0.1, 0.15) is 5.75 Å². The first-order valence-corrected chi connectivity index (χ1v) is 16.6. The van der Waals surface area contributed by atoms with Crippen molar-refractivity contribution in [3.63, 3.8) is 0 Å². The van der Waals surface area contributed by atoms with Gasteiger partial charge in [-0.3, -0.25) is 9.80 Å². The number of hydrogen-bond acceptors (Lipinski definition) is 5. The first-order valence-electron chi connectivity index (χ1n) is 16.6. The van der Waals surface area contributed by atoms with Crippen molar-refractivity contribution in [2.75, 3.05) is 56.2 Å². The Morgan fingerprint density at radius 2 is 1.37 bits per heavy atom. The number of anilines is 2. The number of likely N-dealkylation sites (tertiary alicyclic amines) is 1. The maximum atomic E-state index is 14.5. The van der Waals surface area contributed by atoms with E-state index in [0.29, 0.717) is 25.7 Å². The molecule has 0 unspecified atom stereocenters. The molecule has 234 valence electrons. The van der Waals surface area contributed by atoms with Crippen molar-refractivity contribution in [1.82, 2.24) is 14.7 Å². The summed E-state index contributed by atoms with van der Waals surface area (Å²) in [4.78, 5) is 39.1. The highest BCUT2D eigenvalue weighted by atomic mass is 16.5. The zero-order valence-electron chi connectivity index (χ0n) is 26.5. The molecular weight excluding hydrogens is 538 g/mol. The second-order valence-corrected chi connectivity index (χ2v) is 12.3. The van der Waals surface area contributed by atoms with Gasteiger partial charge >= 0.3 is 12.1 Å². The summed E-state index contributed by atoms with van der Waals surface area (Å²) in [6.45, 7) is 9.42. The number of benzene rings is 2. The fourth-order valence-electron chi connectivity index (χ4n) is 7.16. The number of carbonyl (C=O) groups excluding carboxylic acids is 2. The van der Waals surface area contributed by atoms with Crippen LogP contribution < -0.4 is 14.5 Å². The van der Waals surface area contributed by atoms with Gasteiger partial charge in [0.05, 0.1) is 25.0 Å². The Kier molecular flexibility index (Phi) is 11.0. The number of fused-ring (bicyclic) bond motifs is 1. The molecule has 8 heteroatoms. The molecule has 4 amide bonds. The van der Waals surface area contributed by atoms with Crippen LogP contribution in [0, 0.1) is 0 Å². The smallest absolute Gasteiger partial charge is 0.333 e. The van der Waals surface area contributed by atoms with Gasteiger partial charge in [-0.25, -0.2) is 14.5 Å². The molecule has 0 spiro atoms. The summed E-state index contributed by atoms with van der Waals surface area (Å²) in [6.07, 6.45) is 11.2. The average Bonchev–Trinajstić information content (AvgIpc) is 3.10. The summed E-state index contributed by atoms with van der Waals surface area (Å²) in [5.41, 5.74) is 2.62. The molecule has 2 aromatic rings. The van der Waals surface area contributed by atoms with Gasteiger partial charge in [-0.1, -0.05) is 70.2 Å². The molecule has 0 bridgehead atoms. The third kappa shape index (κ3) is 7.35. The molecule has 43 heavy (non-hydrogen) atoms. The Balaban J connectivity index is 1.43. The van der Waals surface area contributed by atoms with Gasteiger partial charge in [-0.2, -0.15) is 0 Å². The van der Waals surface area contributed by atoms with Crippen molar-refractivity contribution >= 4 is 23.4 Å². The molecule has 2 heterocycles. The van der Waals surface area contributed by atoms with Gasteiger partial charge in [-0.05, 0) is 68.6 Å². The zero-order chi connectivity index (χ0) is 30.2. The highest BCUT2D eigenvalue weighted by Gasteiger charge is 2.41. The van der Waals surface area contributed by atoms with Crippen LogP contribution in [0.5, 0.6) is 5.75 Å². The molecule has 1 saturated heterocycles. The third-order valence-electron chi connectivity index (χ3n) is 9.82. The standard InChI is InChI=1S/C35H51N5O3/c1-4-36(5-2)25-26-38-34(41)39(27-28-17-19-31(43-3)20-18-28)32-15-11-12-16-33(32)40(35(38)42)30-21-23-37(24-22-30)29-13-9-7-6-8-10-14-29/h11-12,15-20,29-30H,4-10,13-14,21-27H2,1-3H3. The predicted octanol–water partition coefficient (Wildman–Crippen LogP) is 6.98. The zero-order valence-corrected chi connectivity index (χ0v) is 26.5. The van der Waals surface area contributed by atoms with E-state index in [-0.39, 0.29) is 18.1 Å². The van der Waals surface area contributed by atoms with Gasteiger partial charge < -0.3 is 14.5 Å². The molecular formula is C35H51N5O3. The van der Waals surface area contributed by atoms with Crippen molar-refractivity contribution in [2.24, 2.45) is 0 Å². The largest absolute Gasteiger partial charge is 0.497 e. The normalized spacial score (nSPS) is 19.8. The van der Waals surface area contributed by atoms with E-state index in [1.807, 2.05) is 53.4 Å². The number of rotatable bonds is 10. The van der Waals surface area contributed by atoms with Gasteiger partial charge in [0.2, 0.25) is 0 Å². The van der Waals surface area contributed by atoms with Crippen molar-refractivity contribution in [1.29, 1.82) is 0 Å². The minimum atomic E-state index is -0.255. The average molecular weight is 590 g/mol. The summed E-state index contributed by atoms with van der Waals surface area (Å²) in [5, 5.41) is 0. The minimum absolute atomic E-state index is 0.0585. The van der Waals surface area contributed by atoms with Crippen LogP contribution >= 0.6 is 0 Å². The molecule has 2 fully saturated rings. The summed E-state index contributed by atoms with van der Waals surface area (Å²) in [7, 11) is 1.65. The number of amides is 4. The van der Waals surface area contributed by atoms with Crippen LogP contribution in [0.3, 0.4) is 0 Å². The van der Waals surface area contributed by atoms with Crippen molar-refractivity contribution in [2.45, 2.75) is 90.3 Å². The van der Waals surface area contributed by atoms with Crippen molar-refractivity contribution in [3.8, 4) is 5.75 Å². The summed E-state index contributed by atoms with van der Waals surface area (Å²) in [6, 6.07) is 16.1. The molecule has 2 aromatic carbocycles. The number of piperidine rings is 1. The molecule has 1 aliphatic carbocycles. The van der Waals surface area contributed by atoms with Crippen LogP contribution in [-0.2, 0) is 6.54 Å². The number of carbonyl (C=O) groups is 2. The van der Waals surface area contributed by atoms with Gasteiger partial charge in [-0.15, -0.1) is 0 Å². The number of imide groups is 1. The molecule has 5 rings (SSSR count). The maximum absolute atomic E-state index is 14.5. The lowest BCUT2D eigenvalue weighted by atomic mass is 9.93. The highest BCUT2D eigenvalue weighted by molar-refractivity contribution is 6.13. The van der Waals surface area contributed by atoms with E-state index in [0.717, 1.165) is 61.7 Å². The fraction of sp³-hybridized carbons (Fsp3) is 0.600. The summed E-state index contributed by atoms with van der Waals surface area (Å²) < 4.78 is 5.35. The lowest BCUT2D eigenvalue weighted by molar-refractivity contribution is 0.127. The first kappa shape index (κ1) is 31.3. The van der Waals surface area contributed by atoms with Crippen LogP contribution in [0.15, 0.2) is 48.5 Å². The second kappa shape index (κ2) is 15.1. The van der Waals surface area contributed by atoms with E-state index in [9.17, 15) is 9.59 Å². The fourth-order valence-corrected chi connectivity index (χ4v) is 7.16. The van der Waals surface area contributed by atoms with E-state index < -0.39 is 0 Å². The number of likely N-dealkylation sites (N-methyl/N-ethyl adjacent to an activating group) is 1. The molecule has 0 radical (unpaired) electrons. The molecule has 0 N–H and O–H groups in total. The molecule has 1 saturated carbocycles. The molecule has 2 aliphatic heterocycles. The Morgan fingerprint density at radius 1 is 0.744 bits per heavy atom. The maximum Gasteiger partial charge on any atom is 0.333 e. The van der Waals surface area contributed by atoms with Crippen LogP contribution in [0.25, 0.3) is 0 Å². The molecule has 8 nitrogen and oxygen atoms in total. The van der Waals surface area contributed by atoms with Crippen molar-refractivity contribution < 1.29 is 14.3 Å². The lowest BCUT2D eigenvalue weighted by Crippen LogP contribution is -2.55. The van der Waals surface area contributed by atoms with Crippen LogP contribution in [0.4, 0.5) is 21.0 Å². The number of nitrogens with zero attached hydrogens (tertiary/aromatic N) is 5. The Labute approximate surface area is 258 Å². The first-order chi connectivity index (χ1) is 21.0. The molecule has 3 aliphatic rings. The van der Waals surface area contributed by atoms with E-state index >= 15 is 0 Å². The van der Waals surface area contributed by atoms with Crippen molar-refractivity contribution in [3.05, 3.63) is 54.1 Å². The van der Waals surface area contributed by atoms with E-state index in [4.69, 9.17) is 4.74 Å². The Morgan fingerprint density at radius 3 is 2.00 bits per heavy atom. The lowest BCUT2D eigenvalue weighted by Gasteiger charge is -2.42.